The maximum atomic E-state index is 13.4. The molecule has 0 radical (unpaired) electrons. The van der Waals surface area contributed by atoms with E-state index >= 15 is 0 Å². The maximum absolute atomic E-state index is 13.4. The van der Waals surface area contributed by atoms with Crippen molar-refractivity contribution in [2.45, 2.75) is 174 Å². The summed E-state index contributed by atoms with van der Waals surface area (Å²) in [5, 5.41) is 0. The van der Waals surface area contributed by atoms with Crippen LogP contribution in [0.1, 0.15) is 174 Å². The van der Waals surface area contributed by atoms with Crippen LogP contribution >= 0.6 is 21.6 Å². The van der Waals surface area contributed by atoms with E-state index in [0.717, 1.165) is 44.2 Å². The molecular weight excluding hydrogens is 703 g/mol. The van der Waals surface area contributed by atoms with Crippen molar-refractivity contribution in [2.24, 2.45) is 5.92 Å². The fourth-order valence-corrected chi connectivity index (χ4v) is 7.99. The van der Waals surface area contributed by atoms with Crippen molar-refractivity contribution in [3.05, 3.63) is 29.8 Å². The zero-order chi connectivity index (χ0) is 38.6. The Morgan fingerprint density at radius 1 is 0.585 bits per heavy atom. The first kappa shape index (κ1) is 49.3. The van der Waals surface area contributed by atoms with Gasteiger partial charge in [-0.25, -0.2) is 0 Å². The van der Waals surface area contributed by atoms with Crippen LogP contribution in [-0.4, -0.2) is 68.2 Å². The molecule has 0 aromatic heterocycles. The summed E-state index contributed by atoms with van der Waals surface area (Å²) >= 11 is 0. The van der Waals surface area contributed by atoms with Gasteiger partial charge in [0.25, 0.3) is 0 Å². The summed E-state index contributed by atoms with van der Waals surface area (Å²) in [6.45, 7) is 6.13. The highest BCUT2D eigenvalue weighted by atomic mass is 33.1. The molecule has 0 bridgehead atoms. The molecule has 0 unspecified atom stereocenters. The van der Waals surface area contributed by atoms with E-state index < -0.39 is 0 Å². The third-order valence-electron chi connectivity index (χ3n) is 9.56. The van der Waals surface area contributed by atoms with Crippen molar-refractivity contribution in [1.29, 1.82) is 0 Å². The Morgan fingerprint density at radius 2 is 1.02 bits per heavy atom. The fourth-order valence-electron chi connectivity index (χ4n) is 6.34. The first-order valence-electron chi connectivity index (χ1n) is 21.4. The van der Waals surface area contributed by atoms with E-state index in [0.29, 0.717) is 36.9 Å². The quantitative estimate of drug-likeness (QED) is 0.0284. The predicted octanol–water partition coefficient (Wildman–Crippen LogP) is 12.2. The van der Waals surface area contributed by atoms with E-state index in [1.54, 1.807) is 33.7 Å². The Kier molecular flexibility index (Phi) is 33.5. The lowest BCUT2D eigenvalue weighted by Crippen LogP contribution is -2.21. The monoisotopic (exact) mass is 780 g/mol. The first-order valence-corrected chi connectivity index (χ1v) is 23.9. The highest BCUT2D eigenvalue weighted by Crippen LogP contribution is 2.24. The standard InChI is InChI=1S/C44H77NO6S2/c1-5-7-9-11-13-15-17-19-21-23-26-40(27-24-22-20-18-16-14-12-10-8-6-2)44(48)51-41-31-29-39(30-32-41)38-43(47)50-35-37-53-52-36-34-49-42(46)28-25-33-45(3)4/h29-32,40H,5-28,33-38H2,1-4H3. The molecule has 0 spiro atoms. The van der Waals surface area contributed by atoms with Gasteiger partial charge in [-0.15, -0.1) is 0 Å². The van der Waals surface area contributed by atoms with Gasteiger partial charge in [0.15, 0.2) is 0 Å². The van der Waals surface area contributed by atoms with Crippen LogP contribution < -0.4 is 4.74 Å². The van der Waals surface area contributed by atoms with Crippen LogP contribution in [0.15, 0.2) is 24.3 Å². The van der Waals surface area contributed by atoms with E-state index in [4.69, 9.17) is 14.2 Å². The largest absolute Gasteiger partial charge is 0.465 e. The number of carbonyl (C=O) groups excluding carboxylic acids is 3. The molecule has 0 saturated heterocycles. The third-order valence-corrected chi connectivity index (χ3v) is 11.9. The van der Waals surface area contributed by atoms with Gasteiger partial charge in [0.05, 0.1) is 12.3 Å². The van der Waals surface area contributed by atoms with E-state index in [1.807, 2.05) is 26.2 Å². The summed E-state index contributed by atoms with van der Waals surface area (Å²) in [4.78, 5) is 39.5. The topological polar surface area (TPSA) is 82.1 Å². The number of hydrogen-bond acceptors (Lipinski definition) is 9. The average molecular weight is 780 g/mol. The van der Waals surface area contributed by atoms with Gasteiger partial charge in [-0.05, 0) is 57.6 Å². The third kappa shape index (κ3) is 31.2. The average Bonchev–Trinajstić information content (AvgIpc) is 3.14. The Hall–Kier alpha value is -1.71. The Labute approximate surface area is 333 Å². The van der Waals surface area contributed by atoms with E-state index in [2.05, 4.69) is 18.7 Å². The number of unbranched alkanes of at least 4 members (excludes halogenated alkanes) is 18. The molecule has 7 nitrogen and oxygen atoms in total. The molecular formula is C44H77NO6S2. The SMILES string of the molecule is CCCCCCCCCCCCC(CCCCCCCCCCCC)C(=O)Oc1ccc(CC(=O)OCCSSCCOC(=O)CCCN(C)C)cc1. The minimum absolute atomic E-state index is 0.0585. The Bertz CT molecular complexity index is 998. The van der Waals surface area contributed by atoms with Crippen LogP contribution in [-0.2, 0) is 30.3 Å². The molecule has 0 atom stereocenters. The molecule has 306 valence electrons. The molecule has 53 heavy (non-hydrogen) atoms. The highest BCUT2D eigenvalue weighted by molar-refractivity contribution is 8.76. The molecule has 0 N–H and O–H groups in total. The summed E-state index contributed by atoms with van der Waals surface area (Å²) in [5.74, 6) is 1.31. The fraction of sp³-hybridized carbons (Fsp3) is 0.795. The van der Waals surface area contributed by atoms with Gasteiger partial charge in [-0.2, -0.15) is 0 Å². The summed E-state index contributed by atoms with van der Waals surface area (Å²) in [6.07, 6.45) is 29.0. The van der Waals surface area contributed by atoms with Gasteiger partial charge >= 0.3 is 17.9 Å². The zero-order valence-corrected chi connectivity index (χ0v) is 35.9. The van der Waals surface area contributed by atoms with Gasteiger partial charge < -0.3 is 19.1 Å². The first-order chi connectivity index (χ1) is 25.8. The zero-order valence-electron chi connectivity index (χ0n) is 34.3. The van der Waals surface area contributed by atoms with Crippen molar-refractivity contribution in [3.63, 3.8) is 0 Å². The molecule has 1 rings (SSSR count). The number of ether oxygens (including phenoxy) is 3. The Morgan fingerprint density at radius 3 is 1.47 bits per heavy atom. The number of carbonyl (C=O) groups is 3. The van der Waals surface area contributed by atoms with Crippen LogP contribution in [0.25, 0.3) is 0 Å². The lowest BCUT2D eigenvalue weighted by Gasteiger charge is -2.16. The number of nitrogens with zero attached hydrogens (tertiary/aromatic N) is 1. The van der Waals surface area contributed by atoms with Crippen molar-refractivity contribution < 1.29 is 28.6 Å². The number of benzene rings is 1. The van der Waals surface area contributed by atoms with Crippen LogP contribution in [0.3, 0.4) is 0 Å². The van der Waals surface area contributed by atoms with Crippen molar-refractivity contribution in [1.82, 2.24) is 4.90 Å². The molecule has 0 fully saturated rings. The molecule has 0 aliphatic rings. The molecule has 0 aliphatic heterocycles. The molecule has 1 aromatic carbocycles. The molecule has 0 amide bonds. The summed E-state index contributed by atoms with van der Waals surface area (Å²) in [7, 11) is 7.18. The van der Waals surface area contributed by atoms with Gasteiger partial charge in [0.1, 0.15) is 19.0 Å². The minimum atomic E-state index is -0.278. The molecule has 0 saturated carbocycles. The maximum Gasteiger partial charge on any atom is 0.314 e. The van der Waals surface area contributed by atoms with Crippen molar-refractivity contribution in [2.75, 3.05) is 45.4 Å². The summed E-state index contributed by atoms with van der Waals surface area (Å²) in [5.41, 5.74) is 0.830. The molecule has 0 heterocycles. The lowest BCUT2D eigenvalue weighted by molar-refractivity contribution is -0.143. The predicted molar refractivity (Wildman–Crippen MR) is 227 cm³/mol. The second kappa shape index (κ2) is 36.0. The van der Waals surface area contributed by atoms with Crippen molar-refractivity contribution >= 4 is 39.5 Å². The molecule has 0 aliphatic carbocycles. The van der Waals surface area contributed by atoms with Crippen LogP contribution in [0.4, 0.5) is 0 Å². The van der Waals surface area contributed by atoms with Gasteiger partial charge in [0, 0.05) is 17.9 Å². The van der Waals surface area contributed by atoms with E-state index in [9.17, 15) is 14.4 Å². The molecule has 9 heteroatoms. The summed E-state index contributed by atoms with van der Waals surface area (Å²) < 4.78 is 16.6. The Balaban J connectivity index is 2.36. The minimum Gasteiger partial charge on any atom is -0.465 e. The van der Waals surface area contributed by atoms with E-state index in [1.165, 1.54) is 116 Å². The number of hydrogen-bond donors (Lipinski definition) is 0. The van der Waals surface area contributed by atoms with Crippen LogP contribution in [0, 0.1) is 5.92 Å². The highest BCUT2D eigenvalue weighted by Gasteiger charge is 2.20. The van der Waals surface area contributed by atoms with E-state index in [-0.39, 0.29) is 30.2 Å². The van der Waals surface area contributed by atoms with Gasteiger partial charge in [-0.3, -0.25) is 14.4 Å². The second-order valence-electron chi connectivity index (χ2n) is 14.9. The molecule has 1 aromatic rings. The van der Waals surface area contributed by atoms with Gasteiger partial charge in [0.2, 0.25) is 0 Å². The lowest BCUT2D eigenvalue weighted by atomic mass is 9.94. The second-order valence-corrected chi connectivity index (χ2v) is 17.6. The van der Waals surface area contributed by atoms with Crippen LogP contribution in [0.5, 0.6) is 5.75 Å². The number of esters is 3. The van der Waals surface area contributed by atoms with Crippen molar-refractivity contribution in [3.8, 4) is 5.75 Å². The smallest absolute Gasteiger partial charge is 0.314 e. The van der Waals surface area contributed by atoms with Crippen LogP contribution in [0.2, 0.25) is 0 Å². The summed E-state index contributed by atoms with van der Waals surface area (Å²) in [6, 6.07) is 7.27. The normalized spacial score (nSPS) is 11.4. The number of rotatable bonds is 37. The van der Waals surface area contributed by atoms with Gasteiger partial charge in [-0.1, -0.05) is 176 Å².